The highest BCUT2D eigenvalue weighted by Gasteiger charge is 2.16. The number of benzene rings is 1. The van der Waals surface area contributed by atoms with Crippen LogP contribution in [0, 0.1) is 0 Å². The quantitative estimate of drug-likeness (QED) is 0.592. The van der Waals surface area contributed by atoms with Crippen LogP contribution in [0.5, 0.6) is 5.75 Å². The first-order valence-corrected chi connectivity index (χ1v) is 7.60. The normalized spacial score (nSPS) is 11.4. The molecule has 4 rings (SSSR count). The minimum Gasteiger partial charge on any atom is -0.497 e. The Hall–Kier alpha value is -2.34. The van der Waals surface area contributed by atoms with Gasteiger partial charge in [-0.2, -0.15) is 0 Å². The number of aromatic nitrogens is 4. The maximum absolute atomic E-state index is 5.22. The first-order valence-electron chi connectivity index (χ1n) is 6.81. The number of hydrogen-bond acceptors (Lipinski definition) is 3. The Bertz CT molecular complexity index is 985. The molecule has 3 heterocycles. The van der Waals surface area contributed by atoms with Crippen molar-refractivity contribution in [2.24, 2.45) is 7.05 Å². The summed E-state index contributed by atoms with van der Waals surface area (Å²) in [5, 5.41) is 5.49. The van der Waals surface area contributed by atoms with Gasteiger partial charge in [-0.3, -0.25) is 9.78 Å². The van der Waals surface area contributed by atoms with Crippen molar-refractivity contribution in [3.05, 3.63) is 41.1 Å². The van der Waals surface area contributed by atoms with Crippen LogP contribution in [-0.2, 0) is 7.05 Å². The summed E-state index contributed by atoms with van der Waals surface area (Å²) in [6, 6.07) is 7.97. The second-order valence-electron chi connectivity index (χ2n) is 5.10. The number of pyridine rings is 1. The first kappa shape index (κ1) is 13.3. The number of halogens is 1. The third-order valence-electron chi connectivity index (χ3n) is 3.83. The number of hydrogen-bond donors (Lipinski definition) is 1. The van der Waals surface area contributed by atoms with Gasteiger partial charge in [0, 0.05) is 34.9 Å². The van der Waals surface area contributed by atoms with E-state index in [0.29, 0.717) is 0 Å². The lowest BCUT2D eigenvalue weighted by atomic mass is 10.1. The smallest absolute Gasteiger partial charge is 0.162 e. The summed E-state index contributed by atoms with van der Waals surface area (Å²) >= 11 is 3.56. The van der Waals surface area contributed by atoms with Gasteiger partial charge in [-0.1, -0.05) is 0 Å². The maximum atomic E-state index is 5.22. The minimum atomic E-state index is 0.746. The largest absolute Gasteiger partial charge is 0.497 e. The second-order valence-corrected chi connectivity index (χ2v) is 5.95. The highest BCUT2D eigenvalue weighted by Crippen LogP contribution is 2.34. The summed E-state index contributed by atoms with van der Waals surface area (Å²) in [5.41, 5.74) is 3.95. The zero-order valence-electron chi connectivity index (χ0n) is 12.1. The Morgan fingerprint density at radius 1 is 1.14 bits per heavy atom. The molecule has 4 aromatic rings. The van der Waals surface area contributed by atoms with Crippen LogP contribution in [-0.4, -0.2) is 26.9 Å². The van der Waals surface area contributed by atoms with Gasteiger partial charge in [0.15, 0.2) is 5.65 Å². The molecule has 22 heavy (non-hydrogen) atoms. The van der Waals surface area contributed by atoms with Gasteiger partial charge in [0.25, 0.3) is 0 Å². The molecule has 0 saturated heterocycles. The number of methoxy groups -OCH3 is 1. The van der Waals surface area contributed by atoms with Crippen LogP contribution < -0.4 is 4.74 Å². The van der Waals surface area contributed by atoms with E-state index in [4.69, 9.17) is 4.74 Å². The second kappa shape index (κ2) is 4.84. The van der Waals surface area contributed by atoms with E-state index in [1.165, 1.54) is 0 Å². The number of aryl methyl sites for hydroxylation is 1. The van der Waals surface area contributed by atoms with E-state index in [1.807, 2.05) is 42.2 Å². The van der Waals surface area contributed by atoms with Gasteiger partial charge in [0.1, 0.15) is 5.75 Å². The number of nitrogens with one attached hydrogen (secondary N) is 1. The van der Waals surface area contributed by atoms with Crippen molar-refractivity contribution in [2.45, 2.75) is 0 Å². The van der Waals surface area contributed by atoms with Crippen molar-refractivity contribution < 1.29 is 4.74 Å². The average Bonchev–Trinajstić information content (AvgIpc) is 3.08. The van der Waals surface area contributed by atoms with Gasteiger partial charge >= 0.3 is 0 Å². The van der Waals surface area contributed by atoms with Crippen LogP contribution in [0.25, 0.3) is 33.2 Å². The zero-order valence-corrected chi connectivity index (χ0v) is 13.7. The Morgan fingerprint density at radius 3 is 2.59 bits per heavy atom. The highest BCUT2D eigenvalue weighted by atomic mass is 79.9. The maximum Gasteiger partial charge on any atom is 0.162 e. The zero-order chi connectivity index (χ0) is 15.3. The van der Waals surface area contributed by atoms with Gasteiger partial charge in [-0.05, 0) is 40.2 Å². The predicted octanol–water partition coefficient (Wildman–Crippen LogP) is 3.89. The molecule has 0 bridgehead atoms. The molecule has 0 radical (unpaired) electrons. The topological polar surface area (TPSA) is 55.7 Å². The lowest BCUT2D eigenvalue weighted by Gasteiger charge is -2.02. The summed E-state index contributed by atoms with van der Waals surface area (Å²) in [6.07, 6.45) is 3.66. The molecule has 0 aliphatic rings. The third-order valence-corrected chi connectivity index (χ3v) is 4.43. The molecule has 3 aromatic heterocycles. The molecule has 1 aromatic carbocycles. The summed E-state index contributed by atoms with van der Waals surface area (Å²) in [7, 11) is 3.66. The monoisotopic (exact) mass is 356 g/mol. The van der Waals surface area contributed by atoms with Gasteiger partial charge in [-0.25, -0.2) is 9.97 Å². The molecular formula is C16H13BrN4O. The molecule has 0 amide bonds. The number of nitrogens with zero attached hydrogens (tertiary/aromatic N) is 3. The number of rotatable bonds is 2. The Balaban J connectivity index is 2.02. The highest BCUT2D eigenvalue weighted by molar-refractivity contribution is 9.10. The van der Waals surface area contributed by atoms with E-state index < -0.39 is 0 Å². The number of aromatic amines is 1. The van der Waals surface area contributed by atoms with Gasteiger partial charge in [-0.15, -0.1) is 0 Å². The summed E-state index contributed by atoms with van der Waals surface area (Å²) in [6.45, 7) is 0. The lowest BCUT2D eigenvalue weighted by Crippen LogP contribution is -1.91. The van der Waals surface area contributed by atoms with Crippen LogP contribution in [0.3, 0.4) is 0 Å². The molecule has 0 atom stereocenters. The van der Waals surface area contributed by atoms with E-state index in [-0.39, 0.29) is 0 Å². The Kier molecular flexibility index (Phi) is 2.94. The fourth-order valence-corrected chi connectivity index (χ4v) is 3.25. The first-order chi connectivity index (χ1) is 10.7. The van der Waals surface area contributed by atoms with Crippen LogP contribution in [0.15, 0.2) is 41.1 Å². The lowest BCUT2D eigenvalue weighted by molar-refractivity contribution is 0.415. The molecule has 5 nitrogen and oxygen atoms in total. The van der Waals surface area contributed by atoms with Gasteiger partial charge < -0.3 is 4.74 Å². The molecule has 6 heteroatoms. The van der Waals surface area contributed by atoms with Crippen molar-refractivity contribution in [2.75, 3.05) is 7.11 Å². The van der Waals surface area contributed by atoms with Crippen molar-refractivity contribution >= 4 is 37.9 Å². The number of H-pyrrole nitrogens is 1. The Morgan fingerprint density at radius 2 is 1.86 bits per heavy atom. The third kappa shape index (κ3) is 1.84. The van der Waals surface area contributed by atoms with E-state index in [9.17, 15) is 0 Å². The van der Waals surface area contributed by atoms with Crippen molar-refractivity contribution in [3.8, 4) is 17.0 Å². The van der Waals surface area contributed by atoms with Crippen LogP contribution >= 0.6 is 15.9 Å². The van der Waals surface area contributed by atoms with Crippen LogP contribution in [0.1, 0.15) is 0 Å². The Labute approximate surface area is 135 Å². The molecule has 1 N–H and O–H groups in total. The number of ether oxygens (including phenoxy) is 1. The fraction of sp³-hybridized carbons (Fsp3) is 0.125. The van der Waals surface area contributed by atoms with Crippen LogP contribution in [0.4, 0.5) is 0 Å². The van der Waals surface area contributed by atoms with E-state index in [1.54, 1.807) is 13.3 Å². The fourth-order valence-electron chi connectivity index (χ4n) is 2.79. The van der Waals surface area contributed by atoms with Crippen molar-refractivity contribution in [3.63, 3.8) is 0 Å². The molecular weight excluding hydrogens is 344 g/mol. The predicted molar refractivity (Wildman–Crippen MR) is 90.1 cm³/mol. The molecule has 110 valence electrons. The van der Waals surface area contributed by atoms with Crippen molar-refractivity contribution in [1.82, 2.24) is 19.7 Å². The molecule has 0 spiro atoms. The minimum absolute atomic E-state index is 0.746. The van der Waals surface area contributed by atoms with Gasteiger partial charge in [0.2, 0.25) is 0 Å². The van der Waals surface area contributed by atoms with E-state index >= 15 is 0 Å². The molecule has 0 fully saturated rings. The molecule has 0 aliphatic heterocycles. The summed E-state index contributed by atoms with van der Waals surface area (Å²) in [5.74, 6) is 0.840. The van der Waals surface area contributed by atoms with Crippen LogP contribution in [0.2, 0.25) is 0 Å². The van der Waals surface area contributed by atoms with E-state index in [0.717, 1.165) is 43.4 Å². The summed E-state index contributed by atoms with van der Waals surface area (Å²) < 4.78 is 8.18. The summed E-state index contributed by atoms with van der Waals surface area (Å²) in [4.78, 5) is 8.78. The van der Waals surface area contributed by atoms with E-state index in [2.05, 4.69) is 31.0 Å². The van der Waals surface area contributed by atoms with Crippen molar-refractivity contribution in [1.29, 1.82) is 0 Å². The SMILES string of the molecule is COc1ccc(-c2[nH]n(C)c3c2cnc2ncc(Br)c23)cc1. The van der Waals surface area contributed by atoms with Gasteiger partial charge in [0.05, 0.1) is 23.7 Å². The molecule has 0 unspecified atom stereocenters. The number of fused-ring (bicyclic) bond motifs is 3. The molecule has 0 aliphatic carbocycles. The standard InChI is InChI=1S/C16H13BrN4O/c1-21-15-11(7-18-16-13(15)12(17)8-19-16)14(20-21)9-3-5-10(22-2)6-4-9/h3-8,20H,1-2H3. The molecule has 0 saturated carbocycles. The average molecular weight is 357 g/mol.